The van der Waals surface area contributed by atoms with Crippen molar-refractivity contribution in [3.8, 4) is 0 Å². The summed E-state index contributed by atoms with van der Waals surface area (Å²) in [6.45, 7) is 10.7. The molecule has 0 amide bonds. The molecule has 0 aliphatic carbocycles. The monoisotopic (exact) mass is 254 g/mol. The first-order valence-corrected chi connectivity index (χ1v) is 6.89. The highest BCUT2D eigenvalue weighted by atomic mass is 16.5. The number of aromatic nitrogens is 3. The van der Waals surface area contributed by atoms with Crippen molar-refractivity contribution >= 4 is 0 Å². The zero-order valence-corrected chi connectivity index (χ0v) is 11.9. The van der Waals surface area contributed by atoms with Gasteiger partial charge in [0.05, 0.1) is 18.8 Å². The molecule has 18 heavy (non-hydrogen) atoms. The molecule has 1 rings (SSSR count). The van der Waals surface area contributed by atoms with Crippen molar-refractivity contribution in [2.75, 3.05) is 19.8 Å². The van der Waals surface area contributed by atoms with Crippen LogP contribution in [0.25, 0.3) is 0 Å². The number of hydrogen-bond donors (Lipinski definition) is 1. The van der Waals surface area contributed by atoms with Crippen molar-refractivity contribution in [1.29, 1.82) is 0 Å². The van der Waals surface area contributed by atoms with E-state index in [4.69, 9.17) is 4.74 Å². The molecule has 1 N–H and O–H groups in total. The summed E-state index contributed by atoms with van der Waals surface area (Å²) in [6.07, 6.45) is 4.28. The van der Waals surface area contributed by atoms with Gasteiger partial charge in [-0.15, -0.1) is 5.10 Å². The van der Waals surface area contributed by atoms with Crippen LogP contribution in [0.15, 0.2) is 6.20 Å². The molecule has 0 aromatic carbocycles. The van der Waals surface area contributed by atoms with Gasteiger partial charge in [-0.3, -0.25) is 0 Å². The second-order valence-electron chi connectivity index (χ2n) is 4.96. The van der Waals surface area contributed by atoms with Crippen molar-refractivity contribution in [2.45, 2.75) is 46.7 Å². The number of ether oxygens (including phenoxy) is 1. The van der Waals surface area contributed by atoms with E-state index in [1.54, 1.807) is 0 Å². The molecule has 0 bridgehead atoms. The number of nitrogens with zero attached hydrogens (tertiary/aromatic N) is 3. The first-order valence-electron chi connectivity index (χ1n) is 6.89. The molecule has 104 valence electrons. The van der Waals surface area contributed by atoms with Gasteiger partial charge in [-0.1, -0.05) is 32.4 Å². The molecule has 0 spiro atoms. The average molecular weight is 254 g/mol. The largest absolute Gasteiger partial charge is 0.380 e. The van der Waals surface area contributed by atoms with Crippen molar-refractivity contribution in [3.63, 3.8) is 0 Å². The van der Waals surface area contributed by atoms with E-state index in [9.17, 15) is 0 Å². The molecule has 5 heteroatoms. The lowest BCUT2D eigenvalue weighted by Crippen LogP contribution is -2.19. The van der Waals surface area contributed by atoms with Crippen molar-refractivity contribution < 1.29 is 4.74 Å². The first-order chi connectivity index (χ1) is 8.72. The molecule has 0 atom stereocenters. The van der Waals surface area contributed by atoms with Crippen LogP contribution in [-0.4, -0.2) is 34.8 Å². The maximum Gasteiger partial charge on any atom is 0.0964 e. The average Bonchev–Trinajstić information content (AvgIpc) is 2.76. The van der Waals surface area contributed by atoms with Gasteiger partial charge >= 0.3 is 0 Å². The van der Waals surface area contributed by atoms with Crippen molar-refractivity contribution in [3.05, 3.63) is 11.9 Å². The molecule has 5 nitrogen and oxygen atoms in total. The molecule has 0 saturated carbocycles. The van der Waals surface area contributed by atoms with Gasteiger partial charge in [0.15, 0.2) is 0 Å². The smallest absolute Gasteiger partial charge is 0.0964 e. The highest BCUT2D eigenvalue weighted by molar-refractivity contribution is 4.91. The first kappa shape index (κ1) is 15.1. The van der Waals surface area contributed by atoms with Crippen molar-refractivity contribution in [2.24, 2.45) is 5.92 Å². The van der Waals surface area contributed by atoms with E-state index in [1.165, 1.54) is 6.42 Å². The Morgan fingerprint density at radius 3 is 2.94 bits per heavy atom. The molecule has 0 aliphatic heterocycles. The Morgan fingerprint density at radius 1 is 1.39 bits per heavy atom. The summed E-state index contributed by atoms with van der Waals surface area (Å²) in [5.74, 6) is 0.659. The summed E-state index contributed by atoms with van der Waals surface area (Å²) in [5.41, 5.74) is 0.990. The summed E-state index contributed by atoms with van der Waals surface area (Å²) >= 11 is 0. The van der Waals surface area contributed by atoms with Crippen LogP contribution in [0.5, 0.6) is 0 Å². The second kappa shape index (κ2) is 9.05. The van der Waals surface area contributed by atoms with Crippen LogP contribution in [0.4, 0.5) is 0 Å². The van der Waals surface area contributed by atoms with Crippen LogP contribution in [0.3, 0.4) is 0 Å². The maximum absolute atomic E-state index is 5.50. The van der Waals surface area contributed by atoms with Gasteiger partial charge < -0.3 is 10.1 Å². The standard InChI is InChI=1S/C13H26N4O/c1-4-5-7-18-8-6-17-11-13(15-16-17)10-14-9-12(2)3/h11-12,14H,4-10H2,1-3H3. The summed E-state index contributed by atoms with van der Waals surface area (Å²) in [6, 6.07) is 0. The minimum atomic E-state index is 0.659. The number of unbranched alkanes of at least 4 members (excludes halogenated alkanes) is 1. The van der Waals surface area contributed by atoms with Gasteiger partial charge in [0.1, 0.15) is 0 Å². The van der Waals surface area contributed by atoms with Crippen LogP contribution < -0.4 is 5.32 Å². The van der Waals surface area contributed by atoms with E-state index >= 15 is 0 Å². The maximum atomic E-state index is 5.50. The quantitative estimate of drug-likeness (QED) is 0.647. The summed E-state index contributed by atoms with van der Waals surface area (Å²) in [7, 11) is 0. The zero-order valence-electron chi connectivity index (χ0n) is 11.9. The van der Waals surface area contributed by atoms with Gasteiger partial charge in [0.2, 0.25) is 0 Å². The van der Waals surface area contributed by atoms with E-state index < -0.39 is 0 Å². The topological polar surface area (TPSA) is 52.0 Å². The van der Waals surface area contributed by atoms with E-state index in [-0.39, 0.29) is 0 Å². The normalized spacial score (nSPS) is 11.3. The minimum absolute atomic E-state index is 0.659. The minimum Gasteiger partial charge on any atom is -0.380 e. The second-order valence-corrected chi connectivity index (χ2v) is 4.96. The number of hydrogen-bond acceptors (Lipinski definition) is 4. The zero-order chi connectivity index (χ0) is 13.2. The Balaban J connectivity index is 2.13. The highest BCUT2D eigenvalue weighted by Crippen LogP contribution is 1.95. The Hall–Kier alpha value is -0.940. The van der Waals surface area contributed by atoms with Gasteiger partial charge in [-0.2, -0.15) is 0 Å². The summed E-state index contributed by atoms with van der Waals surface area (Å²) in [5, 5.41) is 11.6. The third kappa shape index (κ3) is 6.71. The van der Waals surface area contributed by atoms with Gasteiger partial charge in [-0.05, 0) is 18.9 Å². The fourth-order valence-electron chi connectivity index (χ4n) is 1.52. The van der Waals surface area contributed by atoms with E-state index in [1.807, 2.05) is 10.9 Å². The SMILES string of the molecule is CCCCOCCn1cc(CNCC(C)C)nn1. The molecule has 1 aromatic rings. The lowest BCUT2D eigenvalue weighted by atomic mass is 10.2. The van der Waals surface area contributed by atoms with Crippen molar-refractivity contribution in [1.82, 2.24) is 20.3 Å². The Labute approximate surface area is 110 Å². The highest BCUT2D eigenvalue weighted by Gasteiger charge is 2.01. The van der Waals surface area contributed by atoms with E-state index in [2.05, 4.69) is 36.4 Å². The van der Waals surface area contributed by atoms with Gasteiger partial charge in [0, 0.05) is 19.3 Å². The molecule has 0 radical (unpaired) electrons. The molecule has 0 saturated heterocycles. The molecule has 0 aliphatic rings. The van der Waals surface area contributed by atoms with E-state index in [0.717, 1.165) is 38.4 Å². The molecule has 1 heterocycles. The Kier molecular flexibility index (Phi) is 7.60. The Morgan fingerprint density at radius 2 is 2.22 bits per heavy atom. The van der Waals surface area contributed by atoms with Crippen LogP contribution >= 0.6 is 0 Å². The lowest BCUT2D eigenvalue weighted by molar-refractivity contribution is 0.120. The summed E-state index contributed by atoms with van der Waals surface area (Å²) in [4.78, 5) is 0. The van der Waals surface area contributed by atoms with Crippen LogP contribution in [-0.2, 0) is 17.8 Å². The Bertz CT molecular complexity index is 312. The predicted molar refractivity (Wildman–Crippen MR) is 72.3 cm³/mol. The fourth-order valence-corrected chi connectivity index (χ4v) is 1.52. The molecule has 1 aromatic heterocycles. The number of nitrogens with one attached hydrogen (secondary N) is 1. The van der Waals surface area contributed by atoms with Gasteiger partial charge in [-0.25, -0.2) is 4.68 Å². The third-order valence-corrected chi connectivity index (χ3v) is 2.55. The van der Waals surface area contributed by atoms with Crippen LogP contribution in [0.2, 0.25) is 0 Å². The lowest BCUT2D eigenvalue weighted by Gasteiger charge is -2.04. The molecule has 0 fully saturated rings. The number of rotatable bonds is 10. The summed E-state index contributed by atoms with van der Waals surface area (Å²) < 4.78 is 7.34. The molecular formula is C13H26N4O. The van der Waals surface area contributed by atoms with Gasteiger partial charge in [0.25, 0.3) is 0 Å². The third-order valence-electron chi connectivity index (χ3n) is 2.55. The van der Waals surface area contributed by atoms with E-state index in [0.29, 0.717) is 12.5 Å². The van der Waals surface area contributed by atoms with Crippen LogP contribution in [0.1, 0.15) is 39.3 Å². The fraction of sp³-hybridized carbons (Fsp3) is 0.846. The molecule has 0 unspecified atom stereocenters. The predicted octanol–water partition coefficient (Wildman–Crippen LogP) is 1.84. The van der Waals surface area contributed by atoms with Crippen LogP contribution in [0, 0.1) is 5.92 Å². The molecular weight excluding hydrogens is 228 g/mol.